The third kappa shape index (κ3) is 4.89. The molecular weight excluding hydrogens is 326 g/mol. The van der Waals surface area contributed by atoms with Gasteiger partial charge in [-0.15, -0.1) is 0 Å². The van der Waals surface area contributed by atoms with E-state index in [1.807, 2.05) is 56.0 Å². The van der Waals surface area contributed by atoms with Gasteiger partial charge in [0.25, 0.3) is 0 Å². The molecule has 0 saturated heterocycles. The number of aromatic nitrogens is 2. The second-order valence-corrected chi connectivity index (χ2v) is 5.89. The zero-order valence-electron chi connectivity index (χ0n) is 14.6. The second kappa shape index (κ2) is 8.59. The number of rotatable bonds is 6. The van der Waals surface area contributed by atoms with Crippen molar-refractivity contribution < 1.29 is 4.74 Å². The van der Waals surface area contributed by atoms with Gasteiger partial charge in [0.05, 0.1) is 30.9 Å². The fourth-order valence-electron chi connectivity index (χ4n) is 2.33. The van der Waals surface area contributed by atoms with Crippen molar-refractivity contribution in [1.29, 1.82) is 0 Å². The van der Waals surface area contributed by atoms with Crippen LogP contribution in [0.4, 0.5) is 0 Å². The number of pyridine rings is 1. The molecule has 130 valence electrons. The molecule has 0 aromatic carbocycles. The standard InChI is InChI=1S/C17H24ClN5O/c1-5-19-17(20-10-14-7-6-8-16(21-14)24-4)23(3)12-15-9-13(18)11-22(15)2/h6-9,11H,5,10,12H2,1-4H3,(H,19,20). The van der Waals surface area contributed by atoms with E-state index in [0.29, 0.717) is 19.0 Å². The first-order valence-electron chi connectivity index (χ1n) is 7.83. The van der Waals surface area contributed by atoms with Gasteiger partial charge in [0.15, 0.2) is 5.96 Å². The van der Waals surface area contributed by atoms with E-state index >= 15 is 0 Å². The lowest BCUT2D eigenvalue weighted by Crippen LogP contribution is -2.38. The highest BCUT2D eigenvalue weighted by Crippen LogP contribution is 2.14. The summed E-state index contributed by atoms with van der Waals surface area (Å²) in [5, 5.41) is 4.04. The predicted molar refractivity (Wildman–Crippen MR) is 97.5 cm³/mol. The maximum absolute atomic E-state index is 6.05. The smallest absolute Gasteiger partial charge is 0.213 e. The van der Waals surface area contributed by atoms with Gasteiger partial charge in [-0.3, -0.25) is 0 Å². The predicted octanol–water partition coefficient (Wildman–Crippen LogP) is 2.68. The second-order valence-electron chi connectivity index (χ2n) is 5.46. The minimum Gasteiger partial charge on any atom is -0.481 e. The van der Waals surface area contributed by atoms with E-state index in [-0.39, 0.29) is 0 Å². The fourth-order valence-corrected chi connectivity index (χ4v) is 2.60. The van der Waals surface area contributed by atoms with Crippen LogP contribution in [-0.4, -0.2) is 41.1 Å². The molecule has 0 atom stereocenters. The molecule has 1 N–H and O–H groups in total. The van der Waals surface area contributed by atoms with Gasteiger partial charge in [-0.05, 0) is 19.1 Å². The Kier molecular flexibility index (Phi) is 6.49. The van der Waals surface area contributed by atoms with Crippen LogP contribution in [0.25, 0.3) is 0 Å². The number of guanidine groups is 1. The highest BCUT2D eigenvalue weighted by atomic mass is 35.5. The molecule has 2 aromatic heterocycles. The van der Waals surface area contributed by atoms with Crippen LogP contribution < -0.4 is 10.1 Å². The molecule has 24 heavy (non-hydrogen) atoms. The molecule has 0 amide bonds. The van der Waals surface area contributed by atoms with E-state index in [4.69, 9.17) is 16.3 Å². The molecule has 0 aliphatic heterocycles. The van der Waals surface area contributed by atoms with E-state index in [1.54, 1.807) is 7.11 Å². The average Bonchev–Trinajstić information content (AvgIpc) is 2.88. The fraction of sp³-hybridized carbons (Fsp3) is 0.412. The van der Waals surface area contributed by atoms with Crippen LogP contribution in [0.3, 0.4) is 0 Å². The Morgan fingerprint density at radius 2 is 2.25 bits per heavy atom. The van der Waals surface area contributed by atoms with E-state index in [2.05, 4.69) is 20.2 Å². The molecule has 0 aliphatic carbocycles. The number of hydrogen-bond donors (Lipinski definition) is 1. The third-order valence-corrected chi connectivity index (χ3v) is 3.76. The normalized spacial score (nSPS) is 11.5. The van der Waals surface area contributed by atoms with Crippen LogP contribution in [0.2, 0.25) is 5.02 Å². The van der Waals surface area contributed by atoms with Gasteiger partial charge >= 0.3 is 0 Å². The molecule has 0 fully saturated rings. The van der Waals surface area contributed by atoms with Crippen LogP contribution >= 0.6 is 11.6 Å². The van der Waals surface area contributed by atoms with Gasteiger partial charge < -0.3 is 19.5 Å². The Morgan fingerprint density at radius 1 is 1.46 bits per heavy atom. The van der Waals surface area contributed by atoms with Gasteiger partial charge in [-0.1, -0.05) is 17.7 Å². The summed E-state index contributed by atoms with van der Waals surface area (Å²) in [4.78, 5) is 11.1. The van der Waals surface area contributed by atoms with Gasteiger partial charge in [0.2, 0.25) is 5.88 Å². The Bertz CT molecular complexity index is 698. The highest BCUT2D eigenvalue weighted by molar-refractivity contribution is 6.30. The van der Waals surface area contributed by atoms with Crippen LogP contribution in [0.15, 0.2) is 35.5 Å². The van der Waals surface area contributed by atoms with Gasteiger partial charge in [0.1, 0.15) is 0 Å². The van der Waals surface area contributed by atoms with E-state index in [0.717, 1.165) is 28.9 Å². The first-order chi connectivity index (χ1) is 11.5. The Labute approximate surface area is 148 Å². The number of methoxy groups -OCH3 is 1. The van der Waals surface area contributed by atoms with Crippen molar-refractivity contribution in [2.24, 2.45) is 12.0 Å². The Balaban J connectivity index is 2.10. The maximum atomic E-state index is 6.05. The topological polar surface area (TPSA) is 54.7 Å². The van der Waals surface area contributed by atoms with Crippen molar-refractivity contribution in [3.63, 3.8) is 0 Å². The zero-order chi connectivity index (χ0) is 17.5. The van der Waals surface area contributed by atoms with E-state index in [9.17, 15) is 0 Å². The quantitative estimate of drug-likeness (QED) is 0.643. The molecule has 2 heterocycles. The number of hydrogen-bond acceptors (Lipinski definition) is 3. The molecule has 7 heteroatoms. The van der Waals surface area contributed by atoms with E-state index in [1.165, 1.54) is 0 Å². The minimum atomic E-state index is 0.484. The SMILES string of the molecule is CCNC(=NCc1cccc(OC)n1)N(C)Cc1cc(Cl)cn1C. The summed E-state index contributed by atoms with van der Waals surface area (Å²) in [6, 6.07) is 7.64. The summed E-state index contributed by atoms with van der Waals surface area (Å²) in [6.45, 7) is 4.04. The summed E-state index contributed by atoms with van der Waals surface area (Å²) in [5.41, 5.74) is 1.98. The average molecular weight is 350 g/mol. The molecule has 0 radical (unpaired) electrons. The van der Waals surface area contributed by atoms with Gasteiger partial charge in [0, 0.05) is 38.6 Å². The number of aliphatic imine (C=N–C) groups is 1. The zero-order valence-corrected chi connectivity index (χ0v) is 15.3. The lowest BCUT2D eigenvalue weighted by molar-refractivity contribution is 0.396. The van der Waals surface area contributed by atoms with Gasteiger partial charge in [-0.2, -0.15) is 0 Å². The number of ether oxygens (including phenoxy) is 1. The molecule has 6 nitrogen and oxygen atoms in total. The molecule has 0 aliphatic rings. The monoisotopic (exact) mass is 349 g/mol. The largest absolute Gasteiger partial charge is 0.481 e. The number of halogens is 1. The lowest BCUT2D eigenvalue weighted by atomic mass is 10.3. The minimum absolute atomic E-state index is 0.484. The maximum Gasteiger partial charge on any atom is 0.213 e. The van der Waals surface area contributed by atoms with E-state index < -0.39 is 0 Å². The molecule has 2 aromatic rings. The van der Waals surface area contributed by atoms with Crippen molar-refractivity contribution in [2.45, 2.75) is 20.0 Å². The first-order valence-corrected chi connectivity index (χ1v) is 8.21. The van der Waals surface area contributed by atoms with Crippen molar-refractivity contribution in [3.8, 4) is 5.88 Å². The summed E-state index contributed by atoms with van der Waals surface area (Å²) >= 11 is 6.05. The van der Waals surface area contributed by atoms with Crippen LogP contribution in [0.5, 0.6) is 5.88 Å². The molecular formula is C17H24ClN5O. The number of nitrogens with one attached hydrogen (secondary N) is 1. The van der Waals surface area contributed by atoms with Crippen LogP contribution in [0.1, 0.15) is 18.3 Å². The molecule has 0 saturated carbocycles. The number of aryl methyl sites for hydroxylation is 1. The summed E-state index contributed by atoms with van der Waals surface area (Å²) in [6.07, 6.45) is 1.90. The van der Waals surface area contributed by atoms with Crippen molar-refractivity contribution >= 4 is 17.6 Å². The highest BCUT2D eigenvalue weighted by Gasteiger charge is 2.10. The molecule has 2 rings (SSSR count). The number of nitrogens with zero attached hydrogens (tertiary/aromatic N) is 4. The summed E-state index contributed by atoms with van der Waals surface area (Å²) in [5.74, 6) is 1.42. The molecule has 0 unspecified atom stereocenters. The first kappa shape index (κ1) is 18.1. The lowest BCUT2D eigenvalue weighted by Gasteiger charge is -2.22. The van der Waals surface area contributed by atoms with Crippen LogP contribution in [-0.2, 0) is 20.1 Å². The van der Waals surface area contributed by atoms with Crippen molar-refractivity contribution in [1.82, 2.24) is 19.8 Å². The Hall–Kier alpha value is -2.21. The molecule has 0 bridgehead atoms. The van der Waals surface area contributed by atoms with Gasteiger partial charge in [-0.25, -0.2) is 9.98 Å². The summed E-state index contributed by atoms with van der Waals surface area (Å²) in [7, 11) is 5.60. The third-order valence-electron chi connectivity index (χ3n) is 3.55. The summed E-state index contributed by atoms with van der Waals surface area (Å²) < 4.78 is 7.17. The van der Waals surface area contributed by atoms with Crippen molar-refractivity contribution in [3.05, 3.63) is 46.9 Å². The van der Waals surface area contributed by atoms with Crippen LogP contribution in [0, 0.1) is 0 Å². The Morgan fingerprint density at radius 3 is 2.88 bits per heavy atom. The molecule has 0 spiro atoms. The van der Waals surface area contributed by atoms with Crippen molar-refractivity contribution in [2.75, 3.05) is 20.7 Å².